The Labute approximate surface area is 196 Å². The molecule has 0 heterocycles. The van der Waals surface area contributed by atoms with Gasteiger partial charge in [-0.05, 0) is 51.0 Å². The minimum atomic E-state index is -3.83. The van der Waals surface area contributed by atoms with Crippen molar-refractivity contribution in [2.24, 2.45) is 0 Å². The number of likely N-dealkylation sites (N-methyl/N-ethyl adjacent to an activating group) is 1. The number of aryl methyl sites for hydroxylation is 2. The molecule has 0 fully saturated rings. The highest BCUT2D eigenvalue weighted by Crippen LogP contribution is 2.31. The number of rotatable bonds is 10. The predicted molar refractivity (Wildman–Crippen MR) is 130 cm³/mol. The summed E-state index contributed by atoms with van der Waals surface area (Å²) in [7, 11) is -2.38. The SMILES string of the molecule is CCNC(=O)C(C)N(Cc1cccc(C)c1)C(=O)CN(c1cc(C)ccc1OC)S(C)(=O)=O. The third-order valence-corrected chi connectivity index (χ3v) is 6.36. The van der Waals surface area contributed by atoms with Crippen molar-refractivity contribution in [2.45, 2.75) is 40.3 Å². The Morgan fingerprint density at radius 1 is 1.09 bits per heavy atom. The predicted octanol–water partition coefficient (Wildman–Crippen LogP) is 2.63. The van der Waals surface area contributed by atoms with Crippen LogP contribution < -0.4 is 14.4 Å². The van der Waals surface area contributed by atoms with Crippen LogP contribution in [0.15, 0.2) is 42.5 Å². The van der Waals surface area contributed by atoms with Crippen LogP contribution in [0.1, 0.15) is 30.5 Å². The normalized spacial score (nSPS) is 12.1. The van der Waals surface area contributed by atoms with Crippen molar-refractivity contribution in [3.63, 3.8) is 0 Å². The van der Waals surface area contributed by atoms with Crippen LogP contribution in [0.2, 0.25) is 0 Å². The van der Waals surface area contributed by atoms with E-state index in [2.05, 4.69) is 5.32 Å². The van der Waals surface area contributed by atoms with Gasteiger partial charge in [0.25, 0.3) is 0 Å². The maximum atomic E-state index is 13.5. The highest BCUT2D eigenvalue weighted by Gasteiger charge is 2.31. The van der Waals surface area contributed by atoms with Crippen molar-refractivity contribution in [1.82, 2.24) is 10.2 Å². The largest absolute Gasteiger partial charge is 0.495 e. The van der Waals surface area contributed by atoms with E-state index in [1.165, 1.54) is 12.0 Å². The van der Waals surface area contributed by atoms with Crippen LogP contribution >= 0.6 is 0 Å². The van der Waals surface area contributed by atoms with E-state index in [1.807, 2.05) is 38.1 Å². The topological polar surface area (TPSA) is 96.0 Å². The fraction of sp³-hybridized carbons (Fsp3) is 0.417. The molecule has 33 heavy (non-hydrogen) atoms. The van der Waals surface area contributed by atoms with E-state index in [0.29, 0.717) is 12.3 Å². The van der Waals surface area contributed by atoms with E-state index >= 15 is 0 Å². The molecular weight excluding hydrogens is 442 g/mol. The quantitative estimate of drug-likeness (QED) is 0.570. The number of anilines is 1. The van der Waals surface area contributed by atoms with Gasteiger partial charge in [-0.25, -0.2) is 8.42 Å². The lowest BCUT2D eigenvalue weighted by atomic mass is 10.1. The lowest BCUT2D eigenvalue weighted by molar-refractivity contribution is -0.139. The molecule has 0 saturated heterocycles. The Morgan fingerprint density at radius 2 is 1.76 bits per heavy atom. The minimum absolute atomic E-state index is 0.168. The number of sulfonamides is 1. The van der Waals surface area contributed by atoms with Gasteiger partial charge in [-0.15, -0.1) is 0 Å². The fourth-order valence-corrected chi connectivity index (χ4v) is 4.35. The summed E-state index contributed by atoms with van der Waals surface area (Å²) >= 11 is 0. The number of hydrogen-bond donors (Lipinski definition) is 1. The molecular formula is C24H33N3O5S. The summed E-state index contributed by atoms with van der Waals surface area (Å²) in [5.41, 5.74) is 2.96. The van der Waals surface area contributed by atoms with E-state index in [9.17, 15) is 18.0 Å². The van der Waals surface area contributed by atoms with Crippen LogP contribution in [0, 0.1) is 13.8 Å². The molecule has 180 valence electrons. The first-order chi connectivity index (χ1) is 15.5. The van der Waals surface area contributed by atoms with Crippen LogP contribution in [-0.4, -0.2) is 57.6 Å². The molecule has 0 aromatic heterocycles. The van der Waals surface area contributed by atoms with Crippen molar-refractivity contribution in [3.8, 4) is 5.75 Å². The van der Waals surface area contributed by atoms with Crippen LogP contribution in [-0.2, 0) is 26.2 Å². The van der Waals surface area contributed by atoms with Gasteiger partial charge in [0.1, 0.15) is 18.3 Å². The molecule has 1 atom stereocenters. The van der Waals surface area contributed by atoms with Crippen LogP contribution in [0.3, 0.4) is 0 Å². The summed E-state index contributed by atoms with van der Waals surface area (Å²) in [6, 6.07) is 12.0. The number of nitrogens with zero attached hydrogens (tertiary/aromatic N) is 2. The van der Waals surface area contributed by atoms with Crippen LogP contribution in [0.4, 0.5) is 5.69 Å². The number of carbonyl (C=O) groups is 2. The van der Waals surface area contributed by atoms with Crippen molar-refractivity contribution >= 4 is 27.5 Å². The van der Waals surface area contributed by atoms with Crippen LogP contribution in [0.25, 0.3) is 0 Å². The van der Waals surface area contributed by atoms with Gasteiger partial charge in [0.05, 0.1) is 19.1 Å². The van der Waals surface area contributed by atoms with Gasteiger partial charge >= 0.3 is 0 Å². The zero-order valence-electron chi connectivity index (χ0n) is 20.1. The molecule has 0 spiro atoms. The van der Waals surface area contributed by atoms with E-state index < -0.39 is 28.5 Å². The van der Waals surface area contributed by atoms with E-state index in [0.717, 1.165) is 27.3 Å². The van der Waals surface area contributed by atoms with Crippen molar-refractivity contribution in [1.29, 1.82) is 0 Å². The highest BCUT2D eigenvalue weighted by atomic mass is 32.2. The summed E-state index contributed by atoms with van der Waals surface area (Å²) in [5.74, 6) is -0.470. The monoisotopic (exact) mass is 475 g/mol. The fourth-order valence-electron chi connectivity index (χ4n) is 3.50. The first-order valence-electron chi connectivity index (χ1n) is 10.7. The summed E-state index contributed by atoms with van der Waals surface area (Å²) in [6.45, 7) is 7.33. The molecule has 2 amide bonds. The maximum Gasteiger partial charge on any atom is 0.244 e. The Balaban J connectivity index is 2.46. The van der Waals surface area contributed by atoms with E-state index in [4.69, 9.17) is 4.74 Å². The molecule has 0 aliphatic rings. The van der Waals surface area contributed by atoms with Gasteiger partial charge in [-0.3, -0.25) is 13.9 Å². The molecule has 2 aromatic carbocycles. The number of carbonyl (C=O) groups excluding carboxylic acids is 2. The summed E-state index contributed by atoms with van der Waals surface area (Å²) in [5, 5.41) is 2.73. The second kappa shape index (κ2) is 11.2. The molecule has 2 rings (SSSR count). The molecule has 0 bridgehead atoms. The molecule has 2 aromatic rings. The molecule has 0 saturated carbocycles. The second-order valence-corrected chi connectivity index (χ2v) is 9.93. The van der Waals surface area contributed by atoms with E-state index in [-0.39, 0.29) is 18.1 Å². The molecule has 0 aliphatic carbocycles. The van der Waals surface area contributed by atoms with Gasteiger partial charge in [0.15, 0.2) is 0 Å². The van der Waals surface area contributed by atoms with Gasteiger partial charge in [-0.1, -0.05) is 35.9 Å². The standard InChI is InChI=1S/C24H33N3O5S/c1-7-25-24(29)19(4)26(15-20-10-8-9-17(2)13-20)23(28)16-27(33(6,30)31)21-14-18(3)11-12-22(21)32-5/h8-14,19H,7,15-16H2,1-6H3,(H,25,29). The average Bonchev–Trinajstić information content (AvgIpc) is 2.74. The van der Waals surface area contributed by atoms with Gasteiger partial charge in [0.2, 0.25) is 21.8 Å². The number of ether oxygens (including phenoxy) is 1. The molecule has 1 unspecified atom stereocenters. The lowest BCUT2D eigenvalue weighted by Gasteiger charge is -2.32. The minimum Gasteiger partial charge on any atom is -0.495 e. The number of benzene rings is 2. The second-order valence-electron chi connectivity index (χ2n) is 8.03. The van der Waals surface area contributed by atoms with Crippen molar-refractivity contribution in [3.05, 3.63) is 59.2 Å². The molecule has 8 nitrogen and oxygen atoms in total. The van der Waals surface area contributed by atoms with Gasteiger partial charge in [0, 0.05) is 13.1 Å². The van der Waals surface area contributed by atoms with Gasteiger partial charge in [-0.2, -0.15) is 0 Å². The zero-order valence-corrected chi connectivity index (χ0v) is 20.9. The third kappa shape index (κ3) is 6.95. The lowest BCUT2D eigenvalue weighted by Crippen LogP contribution is -2.51. The Kier molecular flexibility index (Phi) is 8.87. The van der Waals surface area contributed by atoms with Crippen molar-refractivity contribution in [2.75, 3.05) is 30.8 Å². The number of nitrogens with one attached hydrogen (secondary N) is 1. The van der Waals surface area contributed by atoms with Gasteiger partial charge < -0.3 is 15.0 Å². The maximum absolute atomic E-state index is 13.5. The summed E-state index contributed by atoms with van der Waals surface area (Å²) in [4.78, 5) is 27.5. The first-order valence-corrected chi connectivity index (χ1v) is 12.6. The number of amides is 2. The Morgan fingerprint density at radius 3 is 2.33 bits per heavy atom. The molecule has 0 aliphatic heterocycles. The zero-order chi connectivity index (χ0) is 24.8. The smallest absolute Gasteiger partial charge is 0.244 e. The first kappa shape index (κ1) is 26.2. The average molecular weight is 476 g/mol. The van der Waals surface area contributed by atoms with Crippen molar-refractivity contribution < 1.29 is 22.7 Å². The Hall–Kier alpha value is -3.07. The number of methoxy groups -OCH3 is 1. The number of hydrogen-bond acceptors (Lipinski definition) is 5. The molecule has 1 N–H and O–H groups in total. The highest BCUT2D eigenvalue weighted by molar-refractivity contribution is 7.92. The molecule has 9 heteroatoms. The Bertz CT molecular complexity index is 1100. The summed E-state index contributed by atoms with van der Waals surface area (Å²) < 4.78 is 31.8. The third-order valence-electron chi connectivity index (χ3n) is 5.24. The molecule has 0 radical (unpaired) electrons. The van der Waals surface area contributed by atoms with Crippen LogP contribution in [0.5, 0.6) is 5.75 Å². The summed E-state index contributed by atoms with van der Waals surface area (Å²) in [6.07, 6.45) is 1.04. The van der Waals surface area contributed by atoms with E-state index in [1.54, 1.807) is 32.0 Å².